The van der Waals surface area contributed by atoms with E-state index in [1.807, 2.05) is 26.0 Å². The summed E-state index contributed by atoms with van der Waals surface area (Å²) in [6.45, 7) is 8.60. The molecule has 0 saturated carbocycles. The highest BCUT2D eigenvalue weighted by molar-refractivity contribution is 5.71. The molecule has 2 aromatic rings. The monoisotopic (exact) mass is 372 g/mol. The molecule has 0 aliphatic rings. The number of pyridine rings is 2. The van der Waals surface area contributed by atoms with Gasteiger partial charge < -0.3 is 20.5 Å². The highest BCUT2D eigenvalue weighted by Crippen LogP contribution is 2.26. The predicted octanol–water partition coefficient (Wildman–Crippen LogP) is 3.31. The molecule has 0 saturated heterocycles. The van der Waals surface area contributed by atoms with Gasteiger partial charge in [-0.2, -0.15) is 0 Å². The van der Waals surface area contributed by atoms with Crippen LogP contribution in [0.15, 0.2) is 30.6 Å². The number of rotatable bonds is 7. The summed E-state index contributed by atoms with van der Waals surface area (Å²) in [5, 5.41) is 2.39. The van der Waals surface area contributed by atoms with Crippen molar-refractivity contribution >= 4 is 6.09 Å². The van der Waals surface area contributed by atoms with Crippen molar-refractivity contribution in [2.45, 2.75) is 39.7 Å². The molecule has 2 aromatic heterocycles. The number of aryl methyl sites for hydroxylation is 1. The molecule has 0 fully saturated rings. The molecule has 27 heavy (non-hydrogen) atoms. The summed E-state index contributed by atoms with van der Waals surface area (Å²) in [6.07, 6.45) is 3.61. The van der Waals surface area contributed by atoms with Crippen molar-refractivity contribution in [1.82, 2.24) is 15.3 Å². The minimum absolute atomic E-state index is 0.220. The zero-order valence-electron chi connectivity index (χ0n) is 16.6. The predicted molar refractivity (Wildman–Crippen MR) is 105 cm³/mol. The molecule has 0 spiro atoms. The van der Waals surface area contributed by atoms with E-state index >= 15 is 0 Å². The van der Waals surface area contributed by atoms with E-state index < -0.39 is 11.6 Å². The molecule has 1 atom stereocenters. The number of carbonyl (C=O) groups is 1. The Balaban J connectivity index is 2.12. The fraction of sp³-hybridized carbons (Fsp3) is 0.450. The Kier molecular flexibility index (Phi) is 6.74. The van der Waals surface area contributed by atoms with Crippen molar-refractivity contribution in [2.75, 3.05) is 13.7 Å². The van der Waals surface area contributed by atoms with Crippen LogP contribution in [0.1, 0.15) is 32.8 Å². The summed E-state index contributed by atoms with van der Waals surface area (Å²) in [7, 11) is 1.49. The number of nitrogens with two attached hydrogens (primary N) is 1. The number of amides is 1. The third-order valence-electron chi connectivity index (χ3n) is 3.91. The largest absolute Gasteiger partial charge is 0.476 e. The summed E-state index contributed by atoms with van der Waals surface area (Å²) < 4.78 is 10.9. The van der Waals surface area contributed by atoms with E-state index in [0.29, 0.717) is 18.4 Å². The topological polar surface area (TPSA) is 99.4 Å². The molecule has 0 radical (unpaired) electrons. The maximum absolute atomic E-state index is 11.3. The number of ether oxygens (including phenoxy) is 2. The molecule has 2 heterocycles. The van der Waals surface area contributed by atoms with Crippen LogP contribution >= 0.6 is 0 Å². The van der Waals surface area contributed by atoms with Crippen molar-refractivity contribution in [1.29, 1.82) is 0 Å². The molecule has 0 unspecified atom stereocenters. The van der Waals surface area contributed by atoms with Crippen LogP contribution in [0.25, 0.3) is 11.1 Å². The lowest BCUT2D eigenvalue weighted by Gasteiger charge is -2.26. The van der Waals surface area contributed by atoms with Crippen molar-refractivity contribution in [3.63, 3.8) is 0 Å². The summed E-state index contributed by atoms with van der Waals surface area (Å²) in [5.74, 6) is 1.28. The van der Waals surface area contributed by atoms with Gasteiger partial charge in [0.05, 0.1) is 0 Å². The number of carbonyl (C=O) groups excluding carboxylic acids is 1. The van der Waals surface area contributed by atoms with E-state index in [9.17, 15) is 4.79 Å². The molecule has 1 amide bonds. The first kappa shape index (κ1) is 20.6. The third-order valence-corrected chi connectivity index (χ3v) is 3.91. The molecule has 0 bridgehead atoms. The maximum Gasteiger partial charge on any atom is 0.413 e. The normalized spacial score (nSPS) is 13.1. The lowest BCUT2D eigenvalue weighted by molar-refractivity contribution is 0.199. The van der Waals surface area contributed by atoms with E-state index in [4.69, 9.17) is 15.2 Å². The van der Waals surface area contributed by atoms with E-state index in [1.165, 1.54) is 7.05 Å². The molecule has 146 valence electrons. The second kappa shape index (κ2) is 8.81. The Bertz CT molecular complexity index is 791. The van der Waals surface area contributed by atoms with Gasteiger partial charge in [-0.1, -0.05) is 13.8 Å². The lowest BCUT2D eigenvalue weighted by Crippen LogP contribution is -2.43. The van der Waals surface area contributed by atoms with Crippen LogP contribution in [0.2, 0.25) is 0 Å². The third kappa shape index (κ3) is 6.21. The van der Waals surface area contributed by atoms with Gasteiger partial charge in [0, 0.05) is 42.2 Å². The highest BCUT2D eigenvalue weighted by Gasteiger charge is 2.21. The quantitative estimate of drug-likeness (QED) is 0.773. The van der Waals surface area contributed by atoms with Gasteiger partial charge in [-0.05, 0) is 43.9 Å². The Labute approximate surface area is 160 Å². The molecule has 0 aromatic carbocycles. The summed E-state index contributed by atoms with van der Waals surface area (Å²) in [4.78, 5) is 19.8. The zero-order valence-corrected chi connectivity index (χ0v) is 16.6. The minimum atomic E-state index is -0.566. The molecule has 0 aliphatic heterocycles. The van der Waals surface area contributed by atoms with Crippen LogP contribution in [-0.2, 0) is 0 Å². The second-order valence-corrected chi connectivity index (χ2v) is 7.41. The Morgan fingerprint density at radius 3 is 2.67 bits per heavy atom. The van der Waals surface area contributed by atoms with Gasteiger partial charge >= 0.3 is 6.09 Å². The molecule has 3 N–H and O–H groups in total. The van der Waals surface area contributed by atoms with Gasteiger partial charge in [-0.15, -0.1) is 0 Å². The average Bonchev–Trinajstić information content (AvgIpc) is 2.59. The van der Waals surface area contributed by atoms with Crippen molar-refractivity contribution < 1.29 is 14.3 Å². The summed E-state index contributed by atoms with van der Waals surface area (Å²) in [5.41, 5.74) is 8.51. The van der Waals surface area contributed by atoms with Crippen LogP contribution in [0, 0.1) is 12.8 Å². The number of nitrogens with one attached hydrogen (secondary N) is 1. The number of nitrogens with zero attached hydrogens (tertiary/aromatic N) is 2. The molecule has 7 nitrogen and oxygen atoms in total. The van der Waals surface area contributed by atoms with Gasteiger partial charge in [0.25, 0.3) is 0 Å². The van der Waals surface area contributed by atoms with E-state index in [-0.39, 0.29) is 5.88 Å². The first-order valence-electron chi connectivity index (χ1n) is 8.94. The number of hydrogen-bond donors (Lipinski definition) is 2. The van der Waals surface area contributed by atoms with Gasteiger partial charge in [0.2, 0.25) is 11.8 Å². The van der Waals surface area contributed by atoms with Crippen molar-refractivity contribution in [3.05, 3.63) is 36.2 Å². The first-order valence-corrected chi connectivity index (χ1v) is 8.94. The van der Waals surface area contributed by atoms with Crippen LogP contribution in [-0.4, -0.2) is 35.3 Å². The van der Waals surface area contributed by atoms with Crippen molar-refractivity contribution in [3.8, 4) is 22.9 Å². The molecule has 7 heteroatoms. The van der Waals surface area contributed by atoms with Gasteiger partial charge in [-0.3, -0.25) is 0 Å². The summed E-state index contributed by atoms with van der Waals surface area (Å²) in [6, 6.07) is 5.48. The fourth-order valence-corrected chi connectivity index (χ4v) is 2.89. The maximum atomic E-state index is 11.3. The standard InChI is InChI=1S/C20H28N4O3/c1-13(2)10-20(4,21)12-26-18-14(3)8-16(11-24-18)15-6-7-23-17(9-15)27-19(25)22-5/h6-9,11,13H,10,12,21H2,1-5H3,(H,22,25)/t20-/m0/s1. The zero-order chi connectivity index (χ0) is 20.0. The van der Waals surface area contributed by atoms with Gasteiger partial charge in [0.15, 0.2) is 0 Å². The molecule has 0 aliphatic carbocycles. The second-order valence-electron chi connectivity index (χ2n) is 7.41. The van der Waals surface area contributed by atoms with Gasteiger partial charge in [-0.25, -0.2) is 14.8 Å². The van der Waals surface area contributed by atoms with Gasteiger partial charge in [0.1, 0.15) is 6.61 Å². The van der Waals surface area contributed by atoms with Crippen LogP contribution in [0.4, 0.5) is 4.79 Å². The molecule has 2 rings (SSSR count). The SMILES string of the molecule is CNC(=O)Oc1cc(-c2cnc(OC[C@@](C)(N)CC(C)C)c(C)c2)ccn1. The number of aromatic nitrogens is 2. The highest BCUT2D eigenvalue weighted by atomic mass is 16.6. The van der Waals surface area contributed by atoms with E-state index in [0.717, 1.165) is 23.1 Å². The Morgan fingerprint density at radius 1 is 1.30 bits per heavy atom. The smallest absolute Gasteiger partial charge is 0.413 e. The lowest BCUT2D eigenvalue weighted by atomic mass is 9.93. The summed E-state index contributed by atoms with van der Waals surface area (Å²) >= 11 is 0. The molecular formula is C20H28N4O3. The first-order chi connectivity index (χ1) is 12.7. The van der Waals surface area contributed by atoms with Crippen LogP contribution in [0.3, 0.4) is 0 Å². The minimum Gasteiger partial charge on any atom is -0.476 e. The Hall–Kier alpha value is -2.67. The number of hydrogen-bond acceptors (Lipinski definition) is 6. The van der Waals surface area contributed by atoms with E-state index in [1.54, 1.807) is 18.5 Å². The Morgan fingerprint density at radius 2 is 2.04 bits per heavy atom. The van der Waals surface area contributed by atoms with Crippen LogP contribution < -0.4 is 20.5 Å². The average molecular weight is 372 g/mol. The fourth-order valence-electron chi connectivity index (χ4n) is 2.89. The van der Waals surface area contributed by atoms with Crippen molar-refractivity contribution in [2.24, 2.45) is 11.7 Å². The van der Waals surface area contributed by atoms with Crippen LogP contribution in [0.5, 0.6) is 11.8 Å². The molecular weight excluding hydrogens is 344 g/mol. The van der Waals surface area contributed by atoms with E-state index in [2.05, 4.69) is 29.1 Å².